The van der Waals surface area contributed by atoms with Gasteiger partial charge in [0.2, 0.25) is 0 Å². The van der Waals surface area contributed by atoms with Crippen LogP contribution >= 0.6 is 0 Å². The molecule has 0 spiro atoms. The molecule has 5 N–H and O–H groups in total. The van der Waals surface area contributed by atoms with E-state index in [4.69, 9.17) is 5.11 Å². The molecule has 0 aliphatic carbocycles. The molecule has 0 aromatic heterocycles. The number of anilines is 1. The molecule has 2 aromatic carbocycles. The summed E-state index contributed by atoms with van der Waals surface area (Å²) in [6.45, 7) is 1.33. The number of aliphatic hydroxyl groups is 1. The Morgan fingerprint density at radius 1 is 1.05 bits per heavy atom. The summed E-state index contributed by atoms with van der Waals surface area (Å²) in [5.41, 5.74) is 0.238. The van der Waals surface area contributed by atoms with Crippen LogP contribution in [0, 0.1) is 0 Å². The smallest absolute Gasteiger partial charge is 0.296 e. The van der Waals surface area contributed by atoms with Crippen molar-refractivity contribution >= 4 is 26.6 Å². The Labute approximate surface area is 128 Å². The normalized spacial score (nSPS) is 11.7. The number of hydrogen-bond acceptors (Lipinski definition) is 6. The summed E-state index contributed by atoms with van der Waals surface area (Å²) >= 11 is 0. The van der Waals surface area contributed by atoms with Crippen LogP contribution in [0.3, 0.4) is 0 Å². The number of aromatic hydroxyl groups is 1. The number of fused-ring (bicyclic) bond motifs is 1. The van der Waals surface area contributed by atoms with E-state index in [9.17, 15) is 18.1 Å². The molecule has 0 fully saturated rings. The molecular formula is C14H18N2O5S. The third-order valence-corrected chi connectivity index (χ3v) is 4.03. The Balaban J connectivity index is 2.42. The highest BCUT2D eigenvalue weighted by Crippen LogP contribution is 2.36. The fraction of sp³-hybridized carbons (Fsp3) is 0.286. The molecule has 22 heavy (non-hydrogen) atoms. The molecule has 0 saturated heterocycles. The van der Waals surface area contributed by atoms with Crippen molar-refractivity contribution in [1.29, 1.82) is 0 Å². The number of phenolic OH excluding ortho intramolecular Hbond substituents is 1. The topological polar surface area (TPSA) is 119 Å². The highest BCUT2D eigenvalue weighted by molar-refractivity contribution is 7.86. The summed E-state index contributed by atoms with van der Waals surface area (Å²) in [6, 6.07) is 7.79. The summed E-state index contributed by atoms with van der Waals surface area (Å²) in [4.78, 5) is -0.370. The van der Waals surface area contributed by atoms with Crippen LogP contribution in [0.5, 0.6) is 5.75 Å². The second-order valence-electron chi connectivity index (χ2n) is 4.69. The minimum absolute atomic E-state index is 0.0123. The molecule has 120 valence electrons. The predicted molar refractivity (Wildman–Crippen MR) is 83.9 cm³/mol. The Morgan fingerprint density at radius 2 is 1.73 bits per heavy atom. The van der Waals surface area contributed by atoms with E-state index in [0.29, 0.717) is 30.4 Å². The zero-order valence-electron chi connectivity index (χ0n) is 11.8. The van der Waals surface area contributed by atoms with E-state index in [2.05, 4.69) is 10.6 Å². The Kier molecular flexibility index (Phi) is 5.19. The van der Waals surface area contributed by atoms with Crippen molar-refractivity contribution in [2.24, 2.45) is 0 Å². The van der Waals surface area contributed by atoms with E-state index in [-0.39, 0.29) is 22.9 Å². The zero-order valence-corrected chi connectivity index (χ0v) is 12.6. The minimum atomic E-state index is -4.48. The number of nitrogens with one attached hydrogen (secondary N) is 2. The van der Waals surface area contributed by atoms with Gasteiger partial charge in [0.1, 0.15) is 10.6 Å². The minimum Gasteiger partial charge on any atom is -0.507 e. The Bertz CT molecular complexity index is 761. The van der Waals surface area contributed by atoms with Crippen LogP contribution in [0.15, 0.2) is 35.2 Å². The molecule has 0 amide bonds. The van der Waals surface area contributed by atoms with Crippen LogP contribution in [0.4, 0.5) is 5.69 Å². The zero-order chi connectivity index (χ0) is 16.2. The average Bonchev–Trinajstić information content (AvgIpc) is 2.48. The van der Waals surface area contributed by atoms with Crippen molar-refractivity contribution in [2.45, 2.75) is 4.90 Å². The van der Waals surface area contributed by atoms with E-state index in [1.807, 2.05) is 0 Å². The van der Waals surface area contributed by atoms with Crippen molar-refractivity contribution < 1.29 is 23.2 Å². The van der Waals surface area contributed by atoms with Crippen molar-refractivity contribution in [1.82, 2.24) is 5.32 Å². The van der Waals surface area contributed by atoms with Gasteiger partial charge in [-0.2, -0.15) is 8.42 Å². The van der Waals surface area contributed by atoms with Gasteiger partial charge in [0.15, 0.2) is 0 Å². The Morgan fingerprint density at radius 3 is 2.36 bits per heavy atom. The average molecular weight is 326 g/mol. The van der Waals surface area contributed by atoms with Gasteiger partial charge in [-0.05, 0) is 0 Å². The molecular weight excluding hydrogens is 308 g/mol. The standard InChI is InChI=1S/C14H18N2O5S/c17-8-7-15-5-6-16-14-11-4-2-1-3-10(11)12(18)9-13(14)22(19,20)21/h1-4,9,15-18H,5-8H2,(H,19,20,21). The molecule has 8 heteroatoms. The van der Waals surface area contributed by atoms with Gasteiger partial charge in [-0.3, -0.25) is 4.55 Å². The van der Waals surface area contributed by atoms with Gasteiger partial charge in [0.25, 0.3) is 10.1 Å². The molecule has 2 aromatic rings. The highest BCUT2D eigenvalue weighted by atomic mass is 32.2. The van der Waals surface area contributed by atoms with Crippen LogP contribution < -0.4 is 10.6 Å². The van der Waals surface area contributed by atoms with E-state index in [1.54, 1.807) is 24.3 Å². The lowest BCUT2D eigenvalue weighted by atomic mass is 10.1. The van der Waals surface area contributed by atoms with Crippen LogP contribution in [0.1, 0.15) is 0 Å². The Hall–Kier alpha value is -1.87. The fourth-order valence-corrected chi connectivity index (χ4v) is 2.90. The first kappa shape index (κ1) is 16.5. The van der Waals surface area contributed by atoms with Crippen LogP contribution in [-0.2, 0) is 10.1 Å². The van der Waals surface area contributed by atoms with Crippen molar-refractivity contribution in [3.63, 3.8) is 0 Å². The van der Waals surface area contributed by atoms with Gasteiger partial charge in [0, 0.05) is 36.5 Å². The summed E-state index contributed by atoms with van der Waals surface area (Å²) in [6.07, 6.45) is 0. The van der Waals surface area contributed by atoms with Gasteiger partial charge in [-0.1, -0.05) is 24.3 Å². The van der Waals surface area contributed by atoms with Gasteiger partial charge in [-0.25, -0.2) is 0 Å². The molecule has 7 nitrogen and oxygen atoms in total. The highest BCUT2D eigenvalue weighted by Gasteiger charge is 2.20. The molecule has 0 saturated carbocycles. The lowest BCUT2D eigenvalue weighted by molar-refractivity contribution is 0.293. The van der Waals surface area contributed by atoms with Crippen LogP contribution in [-0.4, -0.2) is 49.4 Å². The third-order valence-electron chi connectivity index (χ3n) is 3.16. The van der Waals surface area contributed by atoms with Gasteiger partial charge < -0.3 is 20.8 Å². The molecule has 0 aliphatic heterocycles. The van der Waals surface area contributed by atoms with Gasteiger partial charge in [-0.15, -0.1) is 0 Å². The number of hydrogen-bond donors (Lipinski definition) is 5. The molecule has 2 rings (SSSR count). The maximum atomic E-state index is 11.5. The van der Waals surface area contributed by atoms with Gasteiger partial charge in [0.05, 0.1) is 12.3 Å². The van der Waals surface area contributed by atoms with E-state index >= 15 is 0 Å². The lowest BCUT2D eigenvalue weighted by Crippen LogP contribution is -2.25. The predicted octanol–water partition coefficient (Wildman–Crippen LogP) is 0.786. The second kappa shape index (κ2) is 6.93. The SMILES string of the molecule is O=S(=O)(O)c1cc(O)c2ccccc2c1NCCNCCO. The fourth-order valence-electron chi connectivity index (χ4n) is 2.20. The second-order valence-corrected chi connectivity index (χ2v) is 6.08. The maximum absolute atomic E-state index is 11.5. The maximum Gasteiger partial charge on any atom is 0.296 e. The molecule has 0 unspecified atom stereocenters. The van der Waals surface area contributed by atoms with Crippen molar-refractivity contribution in [3.05, 3.63) is 30.3 Å². The van der Waals surface area contributed by atoms with Crippen molar-refractivity contribution in [2.75, 3.05) is 31.6 Å². The summed E-state index contributed by atoms with van der Waals surface area (Å²) in [5, 5.41) is 25.5. The molecule has 0 radical (unpaired) electrons. The van der Waals surface area contributed by atoms with E-state index in [0.717, 1.165) is 6.07 Å². The number of aliphatic hydroxyl groups excluding tert-OH is 1. The number of benzene rings is 2. The van der Waals surface area contributed by atoms with E-state index < -0.39 is 10.1 Å². The first-order valence-electron chi connectivity index (χ1n) is 6.73. The molecule has 0 atom stereocenters. The first-order valence-corrected chi connectivity index (χ1v) is 8.17. The first-order chi connectivity index (χ1) is 10.4. The lowest BCUT2D eigenvalue weighted by Gasteiger charge is -2.15. The van der Waals surface area contributed by atoms with Gasteiger partial charge >= 0.3 is 0 Å². The quantitative estimate of drug-likeness (QED) is 0.290. The molecule has 0 heterocycles. The number of phenols is 1. The summed E-state index contributed by atoms with van der Waals surface area (Å²) in [5.74, 6) is -0.216. The van der Waals surface area contributed by atoms with E-state index in [1.165, 1.54) is 0 Å². The summed E-state index contributed by atoms with van der Waals surface area (Å²) in [7, 11) is -4.48. The molecule has 0 bridgehead atoms. The third kappa shape index (κ3) is 3.66. The number of rotatable bonds is 7. The van der Waals surface area contributed by atoms with Crippen LogP contribution in [0.25, 0.3) is 10.8 Å². The van der Waals surface area contributed by atoms with Crippen LogP contribution in [0.2, 0.25) is 0 Å². The molecule has 0 aliphatic rings. The largest absolute Gasteiger partial charge is 0.507 e. The summed E-state index contributed by atoms with van der Waals surface area (Å²) < 4.78 is 32.4. The monoisotopic (exact) mass is 326 g/mol. The van der Waals surface area contributed by atoms with Crippen molar-refractivity contribution in [3.8, 4) is 5.75 Å².